The summed E-state index contributed by atoms with van der Waals surface area (Å²) >= 11 is 0. The average Bonchev–Trinajstić information content (AvgIpc) is 2.52. The number of sulfonamides is 1. The zero-order valence-corrected chi connectivity index (χ0v) is 14.3. The second-order valence-corrected chi connectivity index (χ2v) is 7.63. The number of halogens is 3. The van der Waals surface area contributed by atoms with Gasteiger partial charge in [0.05, 0.1) is 0 Å². The SMILES string of the molecule is NCCC(=O)NCC1CCCCN1S(=O)(=O)c1c(F)cc(F)cc1F. The summed E-state index contributed by atoms with van der Waals surface area (Å²) < 4.78 is 67.3. The van der Waals surface area contributed by atoms with Crippen molar-refractivity contribution in [2.24, 2.45) is 5.73 Å². The highest BCUT2D eigenvalue weighted by atomic mass is 32.2. The van der Waals surface area contributed by atoms with E-state index in [4.69, 9.17) is 5.73 Å². The highest BCUT2D eigenvalue weighted by molar-refractivity contribution is 7.89. The van der Waals surface area contributed by atoms with Crippen LogP contribution in [0.25, 0.3) is 0 Å². The Bertz CT molecular complexity index is 720. The van der Waals surface area contributed by atoms with Crippen LogP contribution in [-0.2, 0) is 14.8 Å². The Morgan fingerprint density at radius 1 is 1.24 bits per heavy atom. The van der Waals surface area contributed by atoms with Crippen LogP contribution in [0.3, 0.4) is 0 Å². The van der Waals surface area contributed by atoms with E-state index in [1.807, 2.05) is 0 Å². The lowest BCUT2D eigenvalue weighted by atomic mass is 10.1. The summed E-state index contributed by atoms with van der Waals surface area (Å²) in [5.41, 5.74) is 5.28. The van der Waals surface area contributed by atoms with Crippen molar-refractivity contribution in [2.75, 3.05) is 19.6 Å². The molecule has 1 aromatic rings. The lowest BCUT2D eigenvalue weighted by Gasteiger charge is -2.34. The van der Waals surface area contributed by atoms with Crippen LogP contribution in [0.15, 0.2) is 17.0 Å². The van der Waals surface area contributed by atoms with Crippen molar-refractivity contribution >= 4 is 15.9 Å². The Morgan fingerprint density at radius 3 is 2.48 bits per heavy atom. The maximum Gasteiger partial charge on any atom is 0.249 e. The zero-order chi connectivity index (χ0) is 18.6. The molecule has 10 heteroatoms. The fourth-order valence-corrected chi connectivity index (χ4v) is 4.63. The largest absolute Gasteiger partial charge is 0.354 e. The van der Waals surface area contributed by atoms with Crippen molar-refractivity contribution in [2.45, 2.75) is 36.6 Å². The Kier molecular flexibility index (Phi) is 6.42. The van der Waals surface area contributed by atoms with E-state index in [9.17, 15) is 26.4 Å². The number of hydrogen-bond acceptors (Lipinski definition) is 4. The van der Waals surface area contributed by atoms with E-state index in [1.54, 1.807) is 0 Å². The molecule has 0 radical (unpaired) electrons. The molecule has 3 N–H and O–H groups in total. The molecular formula is C15H20F3N3O3S. The minimum absolute atomic E-state index is 0.0164. The van der Waals surface area contributed by atoms with Gasteiger partial charge in [0.2, 0.25) is 15.9 Å². The lowest BCUT2D eigenvalue weighted by Crippen LogP contribution is -2.49. The van der Waals surface area contributed by atoms with Gasteiger partial charge in [-0.1, -0.05) is 6.42 Å². The van der Waals surface area contributed by atoms with Gasteiger partial charge in [-0.3, -0.25) is 4.79 Å². The summed E-state index contributed by atoms with van der Waals surface area (Å²) in [5, 5.41) is 2.57. The van der Waals surface area contributed by atoms with E-state index < -0.39 is 38.4 Å². The Morgan fingerprint density at radius 2 is 1.88 bits per heavy atom. The molecule has 1 heterocycles. The molecular weight excluding hydrogens is 359 g/mol. The highest BCUT2D eigenvalue weighted by Gasteiger charge is 2.37. The summed E-state index contributed by atoms with van der Waals surface area (Å²) in [5.74, 6) is -4.48. The van der Waals surface area contributed by atoms with Gasteiger partial charge in [0.1, 0.15) is 17.5 Å². The van der Waals surface area contributed by atoms with Crippen molar-refractivity contribution in [1.29, 1.82) is 0 Å². The normalized spacial score (nSPS) is 19.0. The first-order valence-corrected chi connectivity index (χ1v) is 9.34. The molecule has 0 aliphatic carbocycles. The van der Waals surface area contributed by atoms with Crippen LogP contribution in [-0.4, -0.2) is 44.3 Å². The van der Waals surface area contributed by atoms with Gasteiger partial charge in [0, 0.05) is 44.2 Å². The van der Waals surface area contributed by atoms with Gasteiger partial charge in [0.15, 0.2) is 4.90 Å². The molecule has 0 spiro atoms. The number of piperidine rings is 1. The van der Waals surface area contributed by atoms with Gasteiger partial charge in [-0.25, -0.2) is 21.6 Å². The van der Waals surface area contributed by atoms with E-state index >= 15 is 0 Å². The minimum atomic E-state index is -4.51. The van der Waals surface area contributed by atoms with Gasteiger partial charge in [-0.2, -0.15) is 4.31 Å². The third-order valence-electron chi connectivity index (χ3n) is 4.01. The fourth-order valence-electron chi connectivity index (χ4n) is 2.84. The number of nitrogens with two attached hydrogens (primary N) is 1. The van der Waals surface area contributed by atoms with Gasteiger partial charge in [0.25, 0.3) is 0 Å². The Labute approximate surface area is 144 Å². The number of carbonyl (C=O) groups excluding carboxylic acids is 1. The van der Waals surface area contributed by atoms with Gasteiger partial charge in [-0.15, -0.1) is 0 Å². The van der Waals surface area contributed by atoms with Crippen molar-refractivity contribution in [3.8, 4) is 0 Å². The quantitative estimate of drug-likeness (QED) is 0.775. The van der Waals surface area contributed by atoms with E-state index in [-0.39, 0.29) is 32.0 Å². The number of hydrogen-bond donors (Lipinski definition) is 2. The summed E-state index contributed by atoms with van der Waals surface area (Å²) in [4.78, 5) is 10.4. The van der Waals surface area contributed by atoms with Crippen LogP contribution in [0.5, 0.6) is 0 Å². The van der Waals surface area contributed by atoms with E-state index in [1.165, 1.54) is 0 Å². The Balaban J connectivity index is 2.28. The summed E-state index contributed by atoms with van der Waals surface area (Å²) in [6.45, 7) is 0.239. The van der Waals surface area contributed by atoms with Crippen molar-refractivity contribution in [1.82, 2.24) is 9.62 Å². The van der Waals surface area contributed by atoms with Crippen LogP contribution in [0.1, 0.15) is 25.7 Å². The molecule has 2 rings (SSSR count). The number of nitrogens with one attached hydrogen (secondary N) is 1. The lowest BCUT2D eigenvalue weighted by molar-refractivity contribution is -0.121. The molecule has 1 aliphatic heterocycles. The number of nitrogens with zero attached hydrogens (tertiary/aromatic N) is 1. The molecule has 1 aromatic carbocycles. The van der Waals surface area contributed by atoms with E-state index in [2.05, 4.69) is 5.32 Å². The molecule has 1 aliphatic rings. The molecule has 0 bridgehead atoms. The fraction of sp³-hybridized carbons (Fsp3) is 0.533. The molecule has 0 saturated carbocycles. The molecule has 1 amide bonds. The third kappa shape index (κ3) is 4.50. The smallest absolute Gasteiger partial charge is 0.249 e. The van der Waals surface area contributed by atoms with Crippen molar-refractivity contribution in [3.05, 3.63) is 29.6 Å². The number of carbonyl (C=O) groups is 1. The van der Waals surface area contributed by atoms with Crippen LogP contribution < -0.4 is 11.1 Å². The first-order chi connectivity index (χ1) is 11.8. The van der Waals surface area contributed by atoms with Crippen LogP contribution in [0.4, 0.5) is 13.2 Å². The topological polar surface area (TPSA) is 92.5 Å². The second kappa shape index (κ2) is 8.15. The van der Waals surface area contributed by atoms with Gasteiger partial charge in [-0.05, 0) is 12.8 Å². The summed E-state index contributed by atoms with van der Waals surface area (Å²) in [6.07, 6.45) is 1.78. The number of amides is 1. The molecule has 1 atom stereocenters. The van der Waals surface area contributed by atoms with Crippen LogP contribution >= 0.6 is 0 Å². The van der Waals surface area contributed by atoms with Crippen LogP contribution in [0, 0.1) is 17.5 Å². The number of benzene rings is 1. The monoisotopic (exact) mass is 379 g/mol. The average molecular weight is 379 g/mol. The standard InChI is InChI=1S/C15H20F3N3O3S/c16-10-7-12(17)15(13(18)8-10)25(23,24)21-6-2-1-3-11(21)9-20-14(22)4-5-19/h7-8,11H,1-6,9,19H2,(H,20,22). The van der Waals surface area contributed by atoms with Gasteiger partial charge >= 0.3 is 0 Å². The maximum absolute atomic E-state index is 13.9. The molecule has 6 nitrogen and oxygen atoms in total. The van der Waals surface area contributed by atoms with Crippen LogP contribution in [0.2, 0.25) is 0 Å². The third-order valence-corrected chi connectivity index (χ3v) is 6.01. The highest BCUT2D eigenvalue weighted by Crippen LogP contribution is 2.29. The molecule has 1 saturated heterocycles. The molecule has 1 fully saturated rings. The predicted octanol–water partition coefficient (Wildman–Crippen LogP) is 1.11. The number of rotatable bonds is 6. The molecule has 25 heavy (non-hydrogen) atoms. The minimum Gasteiger partial charge on any atom is -0.354 e. The van der Waals surface area contributed by atoms with Gasteiger partial charge < -0.3 is 11.1 Å². The molecule has 0 aromatic heterocycles. The molecule has 140 valence electrons. The van der Waals surface area contributed by atoms with Crippen molar-refractivity contribution in [3.63, 3.8) is 0 Å². The van der Waals surface area contributed by atoms with Crippen molar-refractivity contribution < 1.29 is 26.4 Å². The first kappa shape index (κ1) is 19.7. The summed E-state index contributed by atoms with van der Waals surface area (Å²) in [6, 6.07) is 0.0277. The summed E-state index contributed by atoms with van der Waals surface area (Å²) in [7, 11) is -4.51. The second-order valence-electron chi connectivity index (χ2n) is 5.81. The van der Waals surface area contributed by atoms with E-state index in [0.29, 0.717) is 25.0 Å². The molecule has 1 unspecified atom stereocenters. The zero-order valence-electron chi connectivity index (χ0n) is 13.5. The van der Waals surface area contributed by atoms with E-state index in [0.717, 1.165) is 10.7 Å². The first-order valence-electron chi connectivity index (χ1n) is 7.90. The maximum atomic E-state index is 13.9. The predicted molar refractivity (Wildman–Crippen MR) is 84.5 cm³/mol. The Hall–Kier alpha value is -1.65.